The van der Waals surface area contributed by atoms with Crippen LogP contribution in [0.4, 0.5) is 4.39 Å². The van der Waals surface area contributed by atoms with Gasteiger partial charge in [0.2, 0.25) is 5.91 Å². The molecule has 3 atom stereocenters. The van der Waals surface area contributed by atoms with Crippen LogP contribution >= 0.6 is 24.0 Å². The number of likely N-dealkylation sites (tertiary alicyclic amines) is 1. The third-order valence-electron chi connectivity index (χ3n) is 4.01. The number of nitrogens with two attached hydrogens (primary N) is 1. The quantitative estimate of drug-likeness (QED) is 0.911. The van der Waals surface area contributed by atoms with E-state index in [4.69, 9.17) is 17.3 Å². The fourth-order valence-corrected chi connectivity index (χ4v) is 3.18. The monoisotopic (exact) mass is 318 g/mol. The van der Waals surface area contributed by atoms with Gasteiger partial charge in [-0.1, -0.05) is 17.7 Å². The van der Waals surface area contributed by atoms with Crippen molar-refractivity contribution in [3.63, 3.8) is 0 Å². The average molecular weight is 319 g/mol. The molecule has 1 saturated heterocycles. The van der Waals surface area contributed by atoms with E-state index >= 15 is 0 Å². The van der Waals surface area contributed by atoms with Crippen molar-refractivity contribution in [2.24, 2.45) is 11.7 Å². The fraction of sp³-hybridized carbons (Fsp3) is 0.500. The van der Waals surface area contributed by atoms with Crippen LogP contribution in [0.25, 0.3) is 0 Å². The molecule has 20 heavy (non-hydrogen) atoms. The Balaban J connectivity index is 0.00000147. The van der Waals surface area contributed by atoms with E-state index < -0.39 is 0 Å². The molecule has 0 bridgehead atoms. The summed E-state index contributed by atoms with van der Waals surface area (Å²) in [6.45, 7) is 1.33. The number of rotatable bonds is 2. The van der Waals surface area contributed by atoms with Crippen LogP contribution in [-0.2, 0) is 4.79 Å². The van der Waals surface area contributed by atoms with Crippen molar-refractivity contribution >= 4 is 29.9 Å². The van der Waals surface area contributed by atoms with Gasteiger partial charge in [0.1, 0.15) is 5.82 Å². The molecule has 1 aliphatic heterocycles. The molecule has 1 aromatic rings. The molecule has 2 aliphatic rings. The number of halogens is 3. The zero-order chi connectivity index (χ0) is 13.6. The molecule has 0 spiro atoms. The summed E-state index contributed by atoms with van der Waals surface area (Å²) in [5, 5.41) is 0.415. The summed E-state index contributed by atoms with van der Waals surface area (Å²) in [5.74, 6) is -0.416. The lowest BCUT2D eigenvalue weighted by Gasteiger charge is -2.16. The highest BCUT2D eigenvalue weighted by atomic mass is 35.5. The van der Waals surface area contributed by atoms with Gasteiger partial charge in [-0.2, -0.15) is 0 Å². The fourth-order valence-electron chi connectivity index (χ4n) is 2.87. The number of benzene rings is 1. The van der Waals surface area contributed by atoms with Crippen molar-refractivity contribution in [2.45, 2.75) is 24.8 Å². The van der Waals surface area contributed by atoms with Gasteiger partial charge in [-0.3, -0.25) is 4.79 Å². The molecule has 1 heterocycles. The van der Waals surface area contributed by atoms with Crippen LogP contribution in [0.5, 0.6) is 0 Å². The highest BCUT2D eigenvalue weighted by molar-refractivity contribution is 6.31. The minimum Gasteiger partial charge on any atom is -0.341 e. The molecule has 1 saturated carbocycles. The Morgan fingerprint density at radius 2 is 2.20 bits per heavy atom. The minimum atomic E-state index is -0.314. The summed E-state index contributed by atoms with van der Waals surface area (Å²) in [7, 11) is 0. The van der Waals surface area contributed by atoms with Crippen molar-refractivity contribution in [2.75, 3.05) is 13.1 Å². The number of carbonyl (C=O) groups excluding carboxylic acids is 1. The van der Waals surface area contributed by atoms with Crippen LogP contribution in [0.1, 0.15) is 24.3 Å². The average Bonchev–Trinajstić information content (AvgIpc) is 3.02. The Morgan fingerprint density at radius 1 is 1.45 bits per heavy atom. The van der Waals surface area contributed by atoms with Gasteiger partial charge in [0.25, 0.3) is 0 Å². The topological polar surface area (TPSA) is 46.3 Å². The van der Waals surface area contributed by atoms with Gasteiger partial charge in [0.15, 0.2) is 0 Å². The van der Waals surface area contributed by atoms with Crippen molar-refractivity contribution in [1.82, 2.24) is 4.90 Å². The standard InChI is InChI=1S/C14H16ClFN2O.ClH/c15-11-2-1-3-12(16)13(11)9-6-10(9)14(19)18-5-4-8(17)7-18;/h1-3,8-10H,4-7,17H2;1H. The first-order valence-electron chi connectivity index (χ1n) is 6.56. The molecule has 6 heteroatoms. The molecule has 3 nitrogen and oxygen atoms in total. The number of nitrogens with zero attached hydrogens (tertiary/aromatic N) is 1. The molecular formula is C14H17Cl2FN2O. The molecule has 2 fully saturated rings. The van der Waals surface area contributed by atoms with Crippen LogP contribution < -0.4 is 5.73 Å². The maximum Gasteiger partial charge on any atom is 0.226 e. The zero-order valence-electron chi connectivity index (χ0n) is 10.9. The molecule has 1 aliphatic carbocycles. The lowest BCUT2D eigenvalue weighted by molar-refractivity contribution is -0.131. The van der Waals surface area contributed by atoms with E-state index in [9.17, 15) is 9.18 Å². The first-order chi connectivity index (χ1) is 9.08. The number of hydrogen-bond acceptors (Lipinski definition) is 2. The second-order valence-corrected chi connectivity index (χ2v) is 5.82. The number of amides is 1. The molecule has 2 N–H and O–H groups in total. The van der Waals surface area contributed by atoms with E-state index in [0.29, 0.717) is 30.1 Å². The van der Waals surface area contributed by atoms with Crippen molar-refractivity contribution in [3.05, 3.63) is 34.6 Å². The Kier molecular flexibility index (Phi) is 4.57. The van der Waals surface area contributed by atoms with Gasteiger partial charge < -0.3 is 10.6 Å². The van der Waals surface area contributed by atoms with Gasteiger partial charge in [-0.15, -0.1) is 12.4 Å². The number of hydrogen-bond donors (Lipinski definition) is 1. The number of carbonyl (C=O) groups is 1. The second kappa shape index (κ2) is 5.88. The second-order valence-electron chi connectivity index (χ2n) is 5.42. The molecule has 1 aromatic carbocycles. The van der Waals surface area contributed by atoms with Crippen LogP contribution in [0, 0.1) is 11.7 Å². The third kappa shape index (κ3) is 2.78. The molecule has 3 rings (SSSR count). The maximum absolute atomic E-state index is 13.8. The third-order valence-corrected chi connectivity index (χ3v) is 4.34. The predicted octanol–water partition coefficient (Wildman–Crippen LogP) is 2.56. The van der Waals surface area contributed by atoms with Gasteiger partial charge >= 0.3 is 0 Å². The van der Waals surface area contributed by atoms with Crippen molar-refractivity contribution in [1.29, 1.82) is 0 Å². The van der Waals surface area contributed by atoms with Gasteiger partial charge in [0.05, 0.1) is 0 Å². The van der Waals surface area contributed by atoms with Crippen molar-refractivity contribution in [3.8, 4) is 0 Å². The summed E-state index contributed by atoms with van der Waals surface area (Å²) in [6.07, 6.45) is 1.54. The van der Waals surface area contributed by atoms with Gasteiger partial charge in [-0.05, 0) is 25.0 Å². The normalized spacial score (nSPS) is 28.1. The Morgan fingerprint density at radius 3 is 2.80 bits per heavy atom. The molecule has 0 aromatic heterocycles. The van der Waals surface area contributed by atoms with Crippen LogP contribution in [0.2, 0.25) is 5.02 Å². The van der Waals surface area contributed by atoms with E-state index in [2.05, 4.69) is 0 Å². The van der Waals surface area contributed by atoms with E-state index in [1.54, 1.807) is 17.0 Å². The van der Waals surface area contributed by atoms with Crippen molar-refractivity contribution < 1.29 is 9.18 Å². The SMILES string of the molecule is Cl.NC1CCN(C(=O)C2CC2c2c(F)cccc2Cl)C1. The van der Waals surface area contributed by atoms with E-state index in [0.717, 1.165) is 6.42 Å². The highest BCUT2D eigenvalue weighted by Gasteiger charge is 2.48. The Bertz CT molecular complexity index is 506. The molecule has 3 unspecified atom stereocenters. The largest absolute Gasteiger partial charge is 0.341 e. The highest BCUT2D eigenvalue weighted by Crippen LogP contribution is 2.51. The lowest BCUT2D eigenvalue weighted by Crippen LogP contribution is -2.33. The first-order valence-corrected chi connectivity index (χ1v) is 6.94. The van der Waals surface area contributed by atoms with Crippen LogP contribution in [0.15, 0.2) is 18.2 Å². The summed E-state index contributed by atoms with van der Waals surface area (Å²) >= 11 is 6.03. The van der Waals surface area contributed by atoms with E-state index in [-0.39, 0.29) is 42.0 Å². The molecule has 110 valence electrons. The summed E-state index contributed by atoms with van der Waals surface area (Å²) in [5.41, 5.74) is 6.29. The smallest absolute Gasteiger partial charge is 0.226 e. The molecular weight excluding hydrogens is 302 g/mol. The summed E-state index contributed by atoms with van der Waals surface area (Å²) in [6, 6.07) is 4.73. The van der Waals surface area contributed by atoms with E-state index in [1.165, 1.54) is 6.07 Å². The van der Waals surface area contributed by atoms with Gasteiger partial charge in [0, 0.05) is 41.6 Å². The van der Waals surface area contributed by atoms with E-state index in [1.807, 2.05) is 0 Å². The van der Waals surface area contributed by atoms with Crippen LogP contribution in [0.3, 0.4) is 0 Å². The van der Waals surface area contributed by atoms with Crippen LogP contribution in [-0.4, -0.2) is 29.9 Å². The van der Waals surface area contributed by atoms with Gasteiger partial charge in [-0.25, -0.2) is 4.39 Å². The zero-order valence-corrected chi connectivity index (χ0v) is 12.5. The predicted molar refractivity (Wildman–Crippen MR) is 78.7 cm³/mol. The lowest BCUT2D eigenvalue weighted by atomic mass is 10.1. The Labute approximate surface area is 128 Å². The minimum absolute atomic E-state index is 0. The summed E-state index contributed by atoms with van der Waals surface area (Å²) < 4.78 is 13.8. The molecule has 0 radical (unpaired) electrons. The maximum atomic E-state index is 13.8. The first kappa shape index (κ1) is 15.5. The summed E-state index contributed by atoms with van der Waals surface area (Å²) in [4.78, 5) is 14.1. The Hall–Kier alpha value is -0.840. The molecule has 1 amide bonds.